The van der Waals surface area contributed by atoms with Crippen molar-refractivity contribution in [2.45, 2.75) is 33.1 Å². The van der Waals surface area contributed by atoms with E-state index in [0.717, 1.165) is 50.5 Å². The molecular formula is C51H38F3N. The number of hydrogen-bond donors (Lipinski definition) is 0. The predicted octanol–water partition coefficient (Wildman–Crippen LogP) is 14.9. The Bertz CT molecular complexity index is 2730. The number of para-hydroxylation sites is 1. The molecule has 0 aliphatic heterocycles. The molecule has 0 atom stereocenters. The Morgan fingerprint density at radius 1 is 0.509 bits per heavy atom. The highest BCUT2D eigenvalue weighted by atomic mass is 19.1. The number of hydrogen-bond acceptors (Lipinski definition) is 1. The van der Waals surface area contributed by atoms with Gasteiger partial charge >= 0.3 is 0 Å². The quantitative estimate of drug-likeness (QED) is 0.171. The molecule has 7 aromatic rings. The Morgan fingerprint density at radius 2 is 1.05 bits per heavy atom. The fourth-order valence-corrected chi connectivity index (χ4v) is 8.69. The molecule has 2 aliphatic carbocycles. The number of rotatable bonds is 5. The molecular weight excluding hydrogens is 684 g/mol. The van der Waals surface area contributed by atoms with Gasteiger partial charge in [0.2, 0.25) is 0 Å². The second kappa shape index (κ2) is 13.2. The van der Waals surface area contributed by atoms with Gasteiger partial charge in [0.25, 0.3) is 0 Å². The van der Waals surface area contributed by atoms with Gasteiger partial charge in [-0.2, -0.15) is 0 Å². The van der Waals surface area contributed by atoms with Crippen LogP contribution in [0.3, 0.4) is 0 Å². The molecule has 0 amide bonds. The Morgan fingerprint density at radius 3 is 1.78 bits per heavy atom. The number of nitrogens with zero attached hydrogens (tertiary/aromatic N) is 1. The number of fused-ring (bicyclic) bond motifs is 8. The number of anilines is 3. The first-order valence-electron chi connectivity index (χ1n) is 18.6. The van der Waals surface area contributed by atoms with E-state index in [9.17, 15) is 4.39 Å². The van der Waals surface area contributed by atoms with Crippen molar-refractivity contribution in [1.82, 2.24) is 0 Å². The van der Waals surface area contributed by atoms with Gasteiger partial charge < -0.3 is 4.90 Å². The lowest BCUT2D eigenvalue weighted by molar-refractivity contribution is 0.626. The highest BCUT2D eigenvalue weighted by Gasteiger charge is 2.36. The summed E-state index contributed by atoms with van der Waals surface area (Å²) in [5.41, 5.74) is 15.4. The SMILES string of the molecule is C/C1=C(\C=C(/C)F)c2cc(N(c3ccc4c(c3)C(C)(C)c3ccccc3-4)c3ccccc3-c3ccccc3)ccc2-c2ccc(F)cc2-c2cc(F)ccc21. The second-order valence-electron chi connectivity index (χ2n) is 15.0. The third-order valence-corrected chi connectivity index (χ3v) is 11.3. The average molecular weight is 722 g/mol. The summed E-state index contributed by atoms with van der Waals surface area (Å²) >= 11 is 0. The third kappa shape index (κ3) is 5.72. The van der Waals surface area contributed by atoms with Gasteiger partial charge in [0.05, 0.1) is 11.5 Å². The molecule has 55 heavy (non-hydrogen) atoms. The highest BCUT2D eigenvalue weighted by molar-refractivity contribution is 6.07. The number of halogens is 3. The molecule has 0 spiro atoms. The molecule has 2 aliphatic rings. The summed E-state index contributed by atoms with van der Waals surface area (Å²) in [7, 11) is 0. The first-order valence-corrected chi connectivity index (χ1v) is 18.6. The molecule has 9 rings (SSSR count). The fraction of sp³-hybridized carbons (Fsp3) is 0.0980. The van der Waals surface area contributed by atoms with Crippen LogP contribution in [-0.2, 0) is 5.41 Å². The maximum atomic E-state index is 15.2. The van der Waals surface area contributed by atoms with Crippen LogP contribution in [0.4, 0.5) is 30.2 Å². The number of allylic oxidation sites excluding steroid dienone is 4. The van der Waals surface area contributed by atoms with Crippen molar-refractivity contribution in [2.24, 2.45) is 0 Å². The van der Waals surface area contributed by atoms with E-state index in [4.69, 9.17) is 0 Å². The van der Waals surface area contributed by atoms with Crippen molar-refractivity contribution < 1.29 is 13.2 Å². The van der Waals surface area contributed by atoms with E-state index in [-0.39, 0.29) is 11.2 Å². The summed E-state index contributed by atoms with van der Waals surface area (Å²) in [5.74, 6) is -1.20. The fourth-order valence-electron chi connectivity index (χ4n) is 8.69. The summed E-state index contributed by atoms with van der Waals surface area (Å²) in [6.07, 6.45) is 1.55. The van der Waals surface area contributed by atoms with E-state index in [1.165, 1.54) is 53.4 Å². The van der Waals surface area contributed by atoms with E-state index >= 15 is 8.78 Å². The predicted molar refractivity (Wildman–Crippen MR) is 222 cm³/mol. The molecule has 0 fully saturated rings. The lowest BCUT2D eigenvalue weighted by Gasteiger charge is -2.31. The second-order valence-corrected chi connectivity index (χ2v) is 15.0. The van der Waals surface area contributed by atoms with Crippen LogP contribution >= 0.6 is 0 Å². The minimum absolute atomic E-state index is 0.221. The van der Waals surface area contributed by atoms with Gasteiger partial charge in [0.15, 0.2) is 0 Å². The van der Waals surface area contributed by atoms with Crippen LogP contribution in [0.5, 0.6) is 0 Å². The molecule has 0 N–H and O–H groups in total. The summed E-state index contributed by atoms with van der Waals surface area (Å²) in [6.45, 7) is 7.92. The van der Waals surface area contributed by atoms with Crippen molar-refractivity contribution in [3.8, 4) is 44.5 Å². The average Bonchev–Trinajstić information content (AvgIpc) is 3.42. The zero-order valence-electron chi connectivity index (χ0n) is 31.1. The summed E-state index contributed by atoms with van der Waals surface area (Å²) in [4.78, 5) is 2.29. The van der Waals surface area contributed by atoms with E-state index < -0.39 is 11.6 Å². The van der Waals surface area contributed by atoms with Crippen molar-refractivity contribution in [3.05, 3.63) is 197 Å². The summed E-state index contributed by atoms with van der Waals surface area (Å²) < 4.78 is 45.2. The largest absolute Gasteiger partial charge is 0.310 e. The zero-order valence-corrected chi connectivity index (χ0v) is 31.1. The van der Waals surface area contributed by atoms with Crippen molar-refractivity contribution in [3.63, 3.8) is 0 Å². The topological polar surface area (TPSA) is 3.24 Å². The van der Waals surface area contributed by atoms with Gasteiger partial charge in [-0.15, -0.1) is 0 Å². The Balaban J connectivity index is 1.34. The standard InChI is InChI=1S/C51H38F3N/c1-31(52)26-44-32(2)38-22-18-34(53)27-45(38)46-28-35(54)19-23-40(46)41-24-20-36(29-47(41)44)55(50-17-11-9-14-39(50)33-12-6-5-7-13-33)37-21-25-43-42-15-8-10-16-48(42)51(3,4)49(43)30-37/h5-30H,1-4H3/b31-26+,38-32?,41-40?,44-32-,46-45?,47-44?. The molecule has 0 bridgehead atoms. The summed E-state index contributed by atoms with van der Waals surface area (Å²) in [6, 6.07) is 49.5. The van der Waals surface area contributed by atoms with E-state index in [0.29, 0.717) is 22.3 Å². The normalized spacial score (nSPS) is 15.2. The van der Waals surface area contributed by atoms with Gasteiger partial charge in [0, 0.05) is 22.4 Å². The summed E-state index contributed by atoms with van der Waals surface area (Å²) in [5, 5.41) is 0. The minimum Gasteiger partial charge on any atom is -0.310 e. The van der Waals surface area contributed by atoms with Crippen molar-refractivity contribution in [2.75, 3.05) is 4.90 Å². The van der Waals surface area contributed by atoms with Crippen LogP contribution in [0.1, 0.15) is 49.9 Å². The monoisotopic (exact) mass is 721 g/mol. The number of benzene rings is 7. The van der Waals surface area contributed by atoms with Crippen LogP contribution in [-0.4, -0.2) is 0 Å². The first-order chi connectivity index (χ1) is 26.6. The van der Waals surface area contributed by atoms with Gasteiger partial charge in [0.1, 0.15) is 11.6 Å². The molecule has 0 radical (unpaired) electrons. The molecule has 0 heterocycles. The molecule has 0 aromatic heterocycles. The molecule has 1 nitrogen and oxygen atoms in total. The van der Waals surface area contributed by atoms with Crippen LogP contribution in [0.25, 0.3) is 55.7 Å². The zero-order chi connectivity index (χ0) is 38.0. The Labute approximate surface area is 320 Å². The molecule has 7 aromatic carbocycles. The van der Waals surface area contributed by atoms with Gasteiger partial charge in [-0.05, 0) is 147 Å². The lowest BCUT2D eigenvalue weighted by atomic mass is 9.80. The van der Waals surface area contributed by atoms with Gasteiger partial charge in [-0.3, -0.25) is 0 Å². The highest BCUT2D eigenvalue weighted by Crippen LogP contribution is 2.52. The Kier molecular flexibility index (Phi) is 8.24. The van der Waals surface area contributed by atoms with Crippen molar-refractivity contribution in [1.29, 1.82) is 0 Å². The lowest BCUT2D eigenvalue weighted by Crippen LogP contribution is -2.17. The van der Waals surface area contributed by atoms with Crippen LogP contribution in [0.15, 0.2) is 164 Å². The minimum atomic E-state index is -0.426. The van der Waals surface area contributed by atoms with Gasteiger partial charge in [-0.25, -0.2) is 13.2 Å². The third-order valence-electron chi connectivity index (χ3n) is 11.3. The van der Waals surface area contributed by atoms with Gasteiger partial charge in [-0.1, -0.05) is 111 Å². The van der Waals surface area contributed by atoms with E-state index in [2.05, 4.69) is 110 Å². The van der Waals surface area contributed by atoms with Crippen LogP contribution < -0.4 is 4.90 Å². The Hall–Kier alpha value is -6.39. The molecule has 268 valence electrons. The molecule has 0 saturated carbocycles. The van der Waals surface area contributed by atoms with Crippen LogP contribution in [0, 0.1) is 11.6 Å². The maximum absolute atomic E-state index is 15.2. The molecule has 0 saturated heterocycles. The van der Waals surface area contributed by atoms with Crippen molar-refractivity contribution >= 4 is 28.2 Å². The first kappa shape index (κ1) is 34.4. The van der Waals surface area contributed by atoms with Crippen LogP contribution in [0.2, 0.25) is 0 Å². The molecule has 4 heteroatoms. The molecule has 0 unspecified atom stereocenters. The van der Waals surface area contributed by atoms with E-state index in [1.807, 2.05) is 31.2 Å². The maximum Gasteiger partial charge on any atom is 0.123 e. The smallest absolute Gasteiger partial charge is 0.123 e. The van der Waals surface area contributed by atoms with E-state index in [1.54, 1.807) is 18.2 Å².